The van der Waals surface area contributed by atoms with E-state index < -0.39 is 5.60 Å². The average molecular weight is 452 g/mol. The zero-order valence-electron chi connectivity index (χ0n) is 20.9. The number of fused-ring (bicyclic) bond motifs is 1. The molecular formula is C29H41NO3. The average Bonchev–Trinajstić information content (AvgIpc) is 2.80. The monoisotopic (exact) mass is 451 g/mol. The topological polar surface area (TPSA) is 39.7 Å². The van der Waals surface area contributed by atoms with Crippen molar-refractivity contribution in [2.75, 3.05) is 18.5 Å². The third kappa shape index (κ3) is 6.10. The lowest BCUT2D eigenvalue weighted by molar-refractivity contribution is -0.168. The molecule has 1 saturated carbocycles. The summed E-state index contributed by atoms with van der Waals surface area (Å²) >= 11 is 0. The molecular weight excluding hydrogens is 410 g/mol. The van der Waals surface area contributed by atoms with E-state index in [1.807, 2.05) is 0 Å². The predicted molar refractivity (Wildman–Crippen MR) is 135 cm³/mol. The van der Waals surface area contributed by atoms with Crippen LogP contribution in [0.5, 0.6) is 5.75 Å². The van der Waals surface area contributed by atoms with E-state index in [1.165, 1.54) is 43.2 Å². The van der Waals surface area contributed by atoms with Crippen LogP contribution in [0.4, 0.5) is 5.69 Å². The van der Waals surface area contributed by atoms with Crippen LogP contribution in [0.3, 0.4) is 0 Å². The molecule has 2 atom stereocenters. The summed E-state index contributed by atoms with van der Waals surface area (Å²) in [6.45, 7) is 10.6. The fraction of sp³-hybridized carbons (Fsp3) is 0.586. The maximum absolute atomic E-state index is 6.67. The summed E-state index contributed by atoms with van der Waals surface area (Å²) in [5, 5.41) is 3.43. The lowest BCUT2D eigenvalue weighted by Gasteiger charge is -2.44. The SMILES string of the molecule is CCNc1ccc2c(c1)C(OCCC1CCCCC1)C(OCc1ccc(C)cc1)C(C)(C)O2. The number of hydrogen-bond donors (Lipinski definition) is 1. The van der Waals surface area contributed by atoms with E-state index in [9.17, 15) is 0 Å². The van der Waals surface area contributed by atoms with Crippen molar-refractivity contribution < 1.29 is 14.2 Å². The van der Waals surface area contributed by atoms with Gasteiger partial charge in [-0.3, -0.25) is 0 Å². The maximum Gasteiger partial charge on any atom is 0.132 e. The Morgan fingerprint density at radius 2 is 1.76 bits per heavy atom. The van der Waals surface area contributed by atoms with Gasteiger partial charge in [0.2, 0.25) is 0 Å². The Bertz CT molecular complexity index is 886. The highest BCUT2D eigenvalue weighted by Gasteiger charge is 2.45. The van der Waals surface area contributed by atoms with Crippen LogP contribution in [0.15, 0.2) is 42.5 Å². The van der Waals surface area contributed by atoms with Crippen molar-refractivity contribution in [1.82, 2.24) is 0 Å². The zero-order chi connectivity index (χ0) is 23.3. The number of anilines is 1. The van der Waals surface area contributed by atoms with Crippen molar-refractivity contribution >= 4 is 5.69 Å². The molecule has 0 bridgehead atoms. The van der Waals surface area contributed by atoms with Crippen LogP contribution in [0, 0.1) is 12.8 Å². The highest BCUT2D eigenvalue weighted by molar-refractivity contribution is 5.53. The van der Waals surface area contributed by atoms with Crippen molar-refractivity contribution in [2.24, 2.45) is 5.92 Å². The molecule has 2 aromatic carbocycles. The number of ether oxygens (including phenoxy) is 3. The molecule has 1 N–H and O–H groups in total. The fourth-order valence-corrected chi connectivity index (χ4v) is 5.22. The molecule has 0 amide bonds. The molecule has 4 heteroatoms. The van der Waals surface area contributed by atoms with Crippen molar-refractivity contribution in [1.29, 1.82) is 0 Å². The van der Waals surface area contributed by atoms with Crippen molar-refractivity contribution in [2.45, 2.75) is 90.6 Å². The summed E-state index contributed by atoms with van der Waals surface area (Å²) in [7, 11) is 0. The number of aryl methyl sites for hydroxylation is 1. The number of nitrogens with one attached hydrogen (secondary N) is 1. The quantitative estimate of drug-likeness (QED) is 0.437. The molecule has 1 aliphatic carbocycles. The molecule has 2 unspecified atom stereocenters. The van der Waals surface area contributed by atoms with Gasteiger partial charge in [0.15, 0.2) is 0 Å². The summed E-state index contributed by atoms with van der Waals surface area (Å²) in [6.07, 6.45) is 7.59. The van der Waals surface area contributed by atoms with Gasteiger partial charge in [-0.2, -0.15) is 0 Å². The van der Waals surface area contributed by atoms with Crippen LogP contribution in [0.25, 0.3) is 0 Å². The van der Waals surface area contributed by atoms with E-state index in [1.54, 1.807) is 0 Å². The first-order chi connectivity index (χ1) is 16.0. The minimum atomic E-state index is -0.493. The standard InChI is InChI=1S/C29H41NO3/c1-5-30-24-15-16-26-25(19-24)27(31-18-17-22-9-7-6-8-10-22)28(29(3,4)33-26)32-20-23-13-11-21(2)12-14-23/h11-16,19,22,27-28,30H,5-10,17-18,20H2,1-4H3. The Morgan fingerprint density at radius 1 is 1.00 bits per heavy atom. The molecule has 0 saturated heterocycles. The van der Waals surface area contributed by atoms with E-state index in [4.69, 9.17) is 14.2 Å². The van der Waals surface area contributed by atoms with Gasteiger partial charge in [0.25, 0.3) is 0 Å². The van der Waals surface area contributed by atoms with E-state index >= 15 is 0 Å². The fourth-order valence-electron chi connectivity index (χ4n) is 5.22. The van der Waals surface area contributed by atoms with E-state index in [2.05, 4.69) is 75.5 Å². The normalized spacial score (nSPS) is 22.4. The van der Waals surface area contributed by atoms with Crippen LogP contribution in [-0.4, -0.2) is 24.9 Å². The maximum atomic E-state index is 6.67. The summed E-state index contributed by atoms with van der Waals surface area (Å²) in [6, 6.07) is 14.9. The van der Waals surface area contributed by atoms with Crippen molar-refractivity contribution in [3.05, 3.63) is 59.2 Å². The second-order valence-electron chi connectivity index (χ2n) is 10.3. The Hall–Kier alpha value is -2.04. The largest absolute Gasteiger partial charge is 0.485 e. The highest BCUT2D eigenvalue weighted by atomic mass is 16.6. The van der Waals surface area contributed by atoms with Crippen LogP contribution < -0.4 is 10.1 Å². The first-order valence-electron chi connectivity index (χ1n) is 12.8. The molecule has 2 aliphatic rings. The Balaban J connectivity index is 1.54. The number of benzene rings is 2. The number of hydrogen-bond acceptors (Lipinski definition) is 4. The molecule has 33 heavy (non-hydrogen) atoms. The lowest BCUT2D eigenvalue weighted by atomic mass is 9.86. The molecule has 180 valence electrons. The zero-order valence-corrected chi connectivity index (χ0v) is 20.9. The summed E-state index contributed by atoms with van der Waals surface area (Å²) < 4.78 is 19.7. The van der Waals surface area contributed by atoms with Gasteiger partial charge >= 0.3 is 0 Å². The van der Waals surface area contributed by atoms with Gasteiger partial charge in [0, 0.05) is 24.4 Å². The van der Waals surface area contributed by atoms with Crippen molar-refractivity contribution in [3.8, 4) is 5.75 Å². The lowest BCUT2D eigenvalue weighted by Crippen LogP contribution is -2.51. The summed E-state index contributed by atoms with van der Waals surface area (Å²) in [5.74, 6) is 1.70. The van der Waals surface area contributed by atoms with Crippen molar-refractivity contribution in [3.63, 3.8) is 0 Å². The molecule has 4 nitrogen and oxygen atoms in total. The highest BCUT2D eigenvalue weighted by Crippen LogP contribution is 2.45. The van der Waals surface area contributed by atoms with E-state index in [0.717, 1.165) is 42.5 Å². The summed E-state index contributed by atoms with van der Waals surface area (Å²) in [5.41, 5.74) is 4.12. The van der Waals surface area contributed by atoms with Gasteiger partial charge in [-0.05, 0) is 63.8 Å². The molecule has 1 aliphatic heterocycles. The van der Waals surface area contributed by atoms with Gasteiger partial charge in [-0.15, -0.1) is 0 Å². The van der Waals surface area contributed by atoms with Crippen LogP contribution in [0.1, 0.15) is 82.1 Å². The van der Waals surface area contributed by atoms with Gasteiger partial charge in [0.05, 0.1) is 6.61 Å². The Labute approximate surface area is 200 Å². The van der Waals surface area contributed by atoms with Crippen LogP contribution in [-0.2, 0) is 16.1 Å². The minimum absolute atomic E-state index is 0.156. The van der Waals surface area contributed by atoms with Gasteiger partial charge < -0.3 is 19.5 Å². The molecule has 1 heterocycles. The molecule has 0 aromatic heterocycles. The van der Waals surface area contributed by atoms with Gasteiger partial charge in [0.1, 0.15) is 23.6 Å². The molecule has 1 fully saturated rings. The molecule has 4 rings (SSSR count). The first-order valence-corrected chi connectivity index (χ1v) is 12.8. The second kappa shape index (κ2) is 10.9. The number of rotatable bonds is 9. The Kier molecular flexibility index (Phi) is 7.98. The summed E-state index contributed by atoms with van der Waals surface area (Å²) in [4.78, 5) is 0. The third-order valence-corrected chi connectivity index (χ3v) is 7.13. The third-order valence-electron chi connectivity index (χ3n) is 7.13. The minimum Gasteiger partial charge on any atom is -0.485 e. The molecule has 0 radical (unpaired) electrons. The van der Waals surface area contributed by atoms with Crippen LogP contribution in [0.2, 0.25) is 0 Å². The van der Waals surface area contributed by atoms with E-state index in [-0.39, 0.29) is 12.2 Å². The van der Waals surface area contributed by atoms with Gasteiger partial charge in [-0.25, -0.2) is 0 Å². The smallest absolute Gasteiger partial charge is 0.132 e. The Morgan fingerprint density at radius 3 is 2.48 bits per heavy atom. The predicted octanol–water partition coefficient (Wildman–Crippen LogP) is 7.21. The molecule has 0 spiro atoms. The second-order valence-corrected chi connectivity index (χ2v) is 10.3. The molecule has 2 aromatic rings. The van der Waals surface area contributed by atoms with Gasteiger partial charge in [-0.1, -0.05) is 61.9 Å². The first kappa shape index (κ1) is 24.1. The van der Waals surface area contributed by atoms with E-state index in [0.29, 0.717) is 6.61 Å². The van der Waals surface area contributed by atoms with Crippen LogP contribution >= 0.6 is 0 Å².